The van der Waals surface area contributed by atoms with Gasteiger partial charge in [-0.05, 0) is 38.3 Å². The highest BCUT2D eigenvalue weighted by molar-refractivity contribution is 7.09. The molecule has 3 aromatic rings. The maximum atomic E-state index is 11.7. The van der Waals surface area contributed by atoms with Crippen molar-refractivity contribution in [3.05, 3.63) is 40.6 Å². The van der Waals surface area contributed by atoms with Gasteiger partial charge in [0.2, 0.25) is 5.91 Å². The molecule has 0 N–H and O–H groups in total. The van der Waals surface area contributed by atoms with Crippen LogP contribution in [-0.2, 0) is 17.9 Å². The topological polar surface area (TPSA) is 67.2 Å². The van der Waals surface area contributed by atoms with Gasteiger partial charge in [0.1, 0.15) is 0 Å². The van der Waals surface area contributed by atoms with Crippen molar-refractivity contribution in [1.82, 2.24) is 29.5 Å². The molecule has 0 aromatic carbocycles. The predicted molar refractivity (Wildman–Crippen MR) is 115 cm³/mol. The zero-order valence-corrected chi connectivity index (χ0v) is 18.1. The molecule has 3 aromatic heterocycles. The van der Waals surface area contributed by atoms with Crippen molar-refractivity contribution in [3.63, 3.8) is 0 Å². The molecule has 0 aliphatic carbocycles. The molecule has 0 saturated carbocycles. The lowest BCUT2D eigenvalue weighted by Gasteiger charge is -2.38. The molecule has 0 bridgehead atoms. The lowest BCUT2D eigenvalue weighted by Crippen LogP contribution is -2.45. The Morgan fingerprint density at radius 2 is 2.03 bits per heavy atom. The second-order valence-electron chi connectivity index (χ2n) is 8.05. The average Bonchev–Trinajstić information content (AvgIpc) is 3.37. The number of hydrogen-bond acceptors (Lipinski definition) is 6. The van der Waals surface area contributed by atoms with E-state index in [0.29, 0.717) is 12.1 Å². The maximum absolute atomic E-state index is 11.7. The number of thiazole rings is 1. The zero-order valence-electron chi connectivity index (χ0n) is 17.3. The SMILES string of the molecule is CC(=O)N1CCC(N(Cc2cnc3c(cnn3C(C)C)c2)Cc2cncs2)CC1. The first-order valence-corrected chi connectivity index (χ1v) is 11.1. The van der Waals surface area contributed by atoms with Gasteiger partial charge in [-0.3, -0.25) is 14.7 Å². The average molecular weight is 413 g/mol. The van der Waals surface area contributed by atoms with Gasteiger partial charge in [0.05, 0.1) is 11.7 Å². The van der Waals surface area contributed by atoms with Gasteiger partial charge >= 0.3 is 0 Å². The first kappa shape index (κ1) is 20.0. The van der Waals surface area contributed by atoms with Crippen LogP contribution in [0.25, 0.3) is 11.0 Å². The molecule has 0 radical (unpaired) electrons. The van der Waals surface area contributed by atoms with Crippen LogP contribution in [0.2, 0.25) is 0 Å². The van der Waals surface area contributed by atoms with Crippen molar-refractivity contribution in [2.45, 2.75) is 58.8 Å². The number of pyridine rings is 1. The Bertz CT molecular complexity index is 959. The summed E-state index contributed by atoms with van der Waals surface area (Å²) in [5.74, 6) is 0.175. The smallest absolute Gasteiger partial charge is 0.219 e. The van der Waals surface area contributed by atoms with E-state index < -0.39 is 0 Å². The van der Waals surface area contributed by atoms with Crippen LogP contribution in [0.1, 0.15) is 50.1 Å². The summed E-state index contributed by atoms with van der Waals surface area (Å²) in [6.45, 7) is 9.26. The fourth-order valence-corrected chi connectivity index (χ4v) is 4.68. The summed E-state index contributed by atoms with van der Waals surface area (Å²) < 4.78 is 1.96. The van der Waals surface area contributed by atoms with Gasteiger partial charge in [0.15, 0.2) is 5.65 Å². The van der Waals surface area contributed by atoms with Crippen LogP contribution in [0.4, 0.5) is 0 Å². The van der Waals surface area contributed by atoms with Crippen LogP contribution >= 0.6 is 11.3 Å². The molecule has 4 heterocycles. The van der Waals surface area contributed by atoms with Gasteiger partial charge in [-0.25, -0.2) is 9.67 Å². The minimum atomic E-state index is 0.175. The molecule has 1 saturated heterocycles. The fourth-order valence-electron chi connectivity index (χ4n) is 4.06. The zero-order chi connectivity index (χ0) is 20.4. The van der Waals surface area contributed by atoms with E-state index in [0.717, 1.165) is 50.1 Å². The molecule has 1 fully saturated rings. The Kier molecular flexibility index (Phi) is 5.91. The molecule has 1 aliphatic heterocycles. The van der Waals surface area contributed by atoms with Crippen molar-refractivity contribution in [2.24, 2.45) is 0 Å². The third-order valence-electron chi connectivity index (χ3n) is 5.63. The Balaban J connectivity index is 1.53. The molecule has 29 heavy (non-hydrogen) atoms. The van der Waals surface area contributed by atoms with E-state index in [1.54, 1.807) is 18.3 Å². The second kappa shape index (κ2) is 8.59. The van der Waals surface area contributed by atoms with E-state index in [4.69, 9.17) is 4.98 Å². The molecule has 4 rings (SSSR count). The summed E-state index contributed by atoms with van der Waals surface area (Å²) in [4.78, 5) is 26.4. The molecule has 1 amide bonds. The Hall–Kier alpha value is -2.32. The highest BCUT2D eigenvalue weighted by Crippen LogP contribution is 2.24. The Labute approximate surface area is 175 Å². The predicted octanol–water partition coefficient (Wildman–Crippen LogP) is 3.48. The van der Waals surface area contributed by atoms with Crippen molar-refractivity contribution < 1.29 is 4.79 Å². The van der Waals surface area contributed by atoms with Gasteiger partial charge in [-0.15, -0.1) is 11.3 Å². The number of likely N-dealkylation sites (tertiary alicyclic amines) is 1. The number of aromatic nitrogens is 4. The van der Waals surface area contributed by atoms with Gasteiger partial charge in [-0.2, -0.15) is 5.10 Å². The first-order chi connectivity index (χ1) is 14.0. The summed E-state index contributed by atoms with van der Waals surface area (Å²) in [6.07, 6.45) is 7.84. The lowest BCUT2D eigenvalue weighted by atomic mass is 10.0. The quantitative estimate of drug-likeness (QED) is 0.620. The maximum Gasteiger partial charge on any atom is 0.219 e. The minimum Gasteiger partial charge on any atom is -0.343 e. The Morgan fingerprint density at radius 3 is 2.69 bits per heavy atom. The summed E-state index contributed by atoms with van der Waals surface area (Å²) in [7, 11) is 0. The van der Waals surface area contributed by atoms with Crippen LogP contribution < -0.4 is 0 Å². The monoisotopic (exact) mass is 412 g/mol. The van der Waals surface area contributed by atoms with Crippen LogP contribution in [0.5, 0.6) is 0 Å². The van der Waals surface area contributed by atoms with Gasteiger partial charge in [0, 0.05) is 67.8 Å². The van der Waals surface area contributed by atoms with Crippen LogP contribution in [0.15, 0.2) is 30.2 Å². The molecule has 8 heteroatoms. The fraction of sp³-hybridized carbons (Fsp3) is 0.524. The van der Waals surface area contributed by atoms with Gasteiger partial charge in [0.25, 0.3) is 0 Å². The molecule has 1 aliphatic rings. The molecule has 0 unspecified atom stereocenters. The molecule has 7 nitrogen and oxygen atoms in total. The van der Waals surface area contributed by atoms with E-state index >= 15 is 0 Å². The summed E-state index contributed by atoms with van der Waals surface area (Å²) >= 11 is 1.69. The highest BCUT2D eigenvalue weighted by Gasteiger charge is 2.26. The third kappa shape index (κ3) is 4.48. The van der Waals surface area contributed by atoms with E-state index in [2.05, 4.69) is 34.9 Å². The first-order valence-electron chi connectivity index (χ1n) is 10.2. The molecular formula is C21H28N6OS. The minimum absolute atomic E-state index is 0.175. The van der Waals surface area contributed by atoms with Crippen molar-refractivity contribution in [1.29, 1.82) is 0 Å². The van der Waals surface area contributed by atoms with E-state index in [-0.39, 0.29) is 5.91 Å². The number of hydrogen-bond donors (Lipinski definition) is 0. The molecule has 0 spiro atoms. The van der Waals surface area contributed by atoms with Crippen LogP contribution in [0.3, 0.4) is 0 Å². The third-order valence-corrected chi connectivity index (χ3v) is 6.40. The van der Waals surface area contributed by atoms with Crippen LogP contribution in [0, 0.1) is 0 Å². The number of nitrogens with zero attached hydrogens (tertiary/aromatic N) is 6. The van der Waals surface area contributed by atoms with Gasteiger partial charge < -0.3 is 4.90 Å². The normalized spacial score (nSPS) is 15.7. The number of piperidine rings is 1. The molecular weight excluding hydrogens is 384 g/mol. The number of amides is 1. The highest BCUT2D eigenvalue weighted by atomic mass is 32.1. The lowest BCUT2D eigenvalue weighted by molar-refractivity contribution is -0.130. The summed E-state index contributed by atoms with van der Waals surface area (Å²) in [6, 6.07) is 2.94. The van der Waals surface area contributed by atoms with E-state index in [1.807, 2.05) is 33.7 Å². The van der Waals surface area contributed by atoms with Gasteiger partial charge in [-0.1, -0.05) is 0 Å². The summed E-state index contributed by atoms with van der Waals surface area (Å²) in [5, 5.41) is 5.57. The number of fused-ring (bicyclic) bond motifs is 1. The van der Waals surface area contributed by atoms with E-state index in [1.165, 1.54) is 10.4 Å². The van der Waals surface area contributed by atoms with E-state index in [9.17, 15) is 4.79 Å². The number of carbonyl (C=O) groups is 1. The molecule has 0 atom stereocenters. The standard InChI is InChI=1S/C21H28N6OS/c1-15(2)27-21-18(10-24-27)8-17(9-23-21)12-26(13-20-11-22-14-29-20)19-4-6-25(7-5-19)16(3)28/h8-11,14-15,19H,4-7,12-13H2,1-3H3. The van der Waals surface area contributed by atoms with Crippen molar-refractivity contribution in [2.75, 3.05) is 13.1 Å². The number of carbonyl (C=O) groups excluding carboxylic acids is 1. The summed E-state index contributed by atoms with van der Waals surface area (Å²) in [5.41, 5.74) is 4.02. The van der Waals surface area contributed by atoms with Crippen LogP contribution in [-0.4, -0.2) is 54.6 Å². The molecule has 154 valence electrons. The Morgan fingerprint density at radius 1 is 1.24 bits per heavy atom. The second-order valence-corrected chi connectivity index (χ2v) is 9.02. The van der Waals surface area contributed by atoms with Crippen molar-refractivity contribution in [3.8, 4) is 0 Å². The van der Waals surface area contributed by atoms with Crippen molar-refractivity contribution >= 4 is 28.3 Å². The largest absolute Gasteiger partial charge is 0.343 e. The number of rotatable bonds is 6.